The summed E-state index contributed by atoms with van der Waals surface area (Å²) in [6.45, 7) is 13.2. The van der Waals surface area contributed by atoms with Crippen molar-refractivity contribution < 1.29 is 4.74 Å². The molecule has 0 radical (unpaired) electrons. The molecule has 0 saturated carbocycles. The standard InChI is InChI=1S/C16H29N3O/c1-6-19(7-8-20-5)16-14(4)9-15(12-18-16)11-17-10-13(2)3/h9,12-13,17H,6-8,10-11H2,1-5H3. The molecule has 4 nitrogen and oxygen atoms in total. The molecule has 1 heterocycles. The predicted molar refractivity (Wildman–Crippen MR) is 85.3 cm³/mol. The Kier molecular flexibility index (Phi) is 7.55. The second-order valence-corrected chi connectivity index (χ2v) is 5.58. The van der Waals surface area contributed by atoms with Crippen molar-refractivity contribution >= 4 is 5.82 Å². The summed E-state index contributed by atoms with van der Waals surface area (Å²) < 4.78 is 5.16. The van der Waals surface area contributed by atoms with Gasteiger partial charge in [0.25, 0.3) is 0 Å². The lowest BCUT2D eigenvalue weighted by molar-refractivity contribution is 0.205. The Morgan fingerprint density at radius 1 is 1.40 bits per heavy atom. The van der Waals surface area contributed by atoms with E-state index in [2.05, 4.69) is 49.0 Å². The largest absolute Gasteiger partial charge is 0.383 e. The van der Waals surface area contributed by atoms with Gasteiger partial charge in [-0.2, -0.15) is 0 Å². The Morgan fingerprint density at radius 2 is 2.15 bits per heavy atom. The average Bonchev–Trinajstić information content (AvgIpc) is 2.41. The van der Waals surface area contributed by atoms with Gasteiger partial charge in [-0.05, 0) is 43.5 Å². The van der Waals surface area contributed by atoms with Gasteiger partial charge in [-0.3, -0.25) is 0 Å². The Morgan fingerprint density at radius 3 is 2.70 bits per heavy atom. The van der Waals surface area contributed by atoms with Crippen LogP contribution in [0.3, 0.4) is 0 Å². The van der Waals surface area contributed by atoms with E-state index < -0.39 is 0 Å². The molecule has 1 aromatic rings. The molecule has 0 bridgehead atoms. The van der Waals surface area contributed by atoms with Gasteiger partial charge in [0.05, 0.1) is 6.61 Å². The molecule has 4 heteroatoms. The van der Waals surface area contributed by atoms with E-state index >= 15 is 0 Å². The van der Waals surface area contributed by atoms with Crippen LogP contribution in [0.2, 0.25) is 0 Å². The Bertz CT molecular complexity index is 393. The van der Waals surface area contributed by atoms with Crippen molar-refractivity contribution in [2.45, 2.75) is 34.2 Å². The molecule has 20 heavy (non-hydrogen) atoms. The highest BCUT2D eigenvalue weighted by Crippen LogP contribution is 2.17. The van der Waals surface area contributed by atoms with Crippen molar-refractivity contribution in [3.8, 4) is 0 Å². The zero-order chi connectivity index (χ0) is 15.0. The van der Waals surface area contributed by atoms with Gasteiger partial charge in [0.15, 0.2) is 0 Å². The van der Waals surface area contributed by atoms with Crippen molar-refractivity contribution in [3.05, 3.63) is 23.4 Å². The normalized spacial score (nSPS) is 11.1. The number of pyridine rings is 1. The lowest BCUT2D eigenvalue weighted by atomic mass is 10.1. The summed E-state index contributed by atoms with van der Waals surface area (Å²) in [5.41, 5.74) is 2.47. The van der Waals surface area contributed by atoms with Crippen molar-refractivity contribution in [3.63, 3.8) is 0 Å². The number of aromatic nitrogens is 1. The number of ether oxygens (including phenoxy) is 1. The molecule has 1 N–H and O–H groups in total. The second-order valence-electron chi connectivity index (χ2n) is 5.58. The maximum atomic E-state index is 5.16. The molecular weight excluding hydrogens is 250 g/mol. The maximum absolute atomic E-state index is 5.16. The summed E-state index contributed by atoms with van der Waals surface area (Å²) in [5.74, 6) is 1.74. The number of anilines is 1. The van der Waals surface area contributed by atoms with Gasteiger partial charge in [0.1, 0.15) is 5.82 Å². The molecule has 0 saturated heterocycles. The van der Waals surface area contributed by atoms with Crippen LogP contribution in [0, 0.1) is 12.8 Å². The van der Waals surface area contributed by atoms with E-state index in [1.807, 2.05) is 6.20 Å². The van der Waals surface area contributed by atoms with Crippen molar-refractivity contribution in [1.29, 1.82) is 0 Å². The van der Waals surface area contributed by atoms with Gasteiger partial charge in [-0.25, -0.2) is 4.98 Å². The maximum Gasteiger partial charge on any atom is 0.131 e. The highest BCUT2D eigenvalue weighted by molar-refractivity contribution is 5.47. The van der Waals surface area contributed by atoms with Gasteiger partial charge < -0.3 is 15.0 Å². The van der Waals surface area contributed by atoms with Crippen LogP contribution in [-0.4, -0.2) is 38.3 Å². The number of hydrogen-bond donors (Lipinski definition) is 1. The minimum Gasteiger partial charge on any atom is -0.383 e. The van der Waals surface area contributed by atoms with E-state index in [0.29, 0.717) is 5.92 Å². The second kappa shape index (κ2) is 8.93. The molecule has 0 aliphatic heterocycles. The third kappa shape index (κ3) is 5.47. The fourth-order valence-electron chi connectivity index (χ4n) is 2.17. The first-order valence-corrected chi connectivity index (χ1v) is 7.48. The summed E-state index contributed by atoms with van der Waals surface area (Å²) >= 11 is 0. The fourth-order valence-corrected chi connectivity index (χ4v) is 2.17. The van der Waals surface area contributed by atoms with Crippen LogP contribution in [-0.2, 0) is 11.3 Å². The van der Waals surface area contributed by atoms with E-state index in [1.54, 1.807) is 7.11 Å². The molecule has 0 aliphatic rings. The molecule has 0 spiro atoms. The molecule has 0 aliphatic carbocycles. The summed E-state index contributed by atoms with van der Waals surface area (Å²) in [4.78, 5) is 6.88. The highest BCUT2D eigenvalue weighted by Gasteiger charge is 2.09. The van der Waals surface area contributed by atoms with Crippen LogP contribution in [0.4, 0.5) is 5.82 Å². The summed E-state index contributed by atoms with van der Waals surface area (Å²) in [5, 5.41) is 3.45. The zero-order valence-electron chi connectivity index (χ0n) is 13.6. The quantitative estimate of drug-likeness (QED) is 0.754. The van der Waals surface area contributed by atoms with E-state index in [1.165, 1.54) is 11.1 Å². The zero-order valence-corrected chi connectivity index (χ0v) is 13.6. The molecule has 114 valence electrons. The van der Waals surface area contributed by atoms with E-state index in [4.69, 9.17) is 4.74 Å². The van der Waals surface area contributed by atoms with E-state index in [0.717, 1.165) is 38.6 Å². The van der Waals surface area contributed by atoms with Gasteiger partial charge in [-0.15, -0.1) is 0 Å². The Labute approximate surface area is 123 Å². The number of aryl methyl sites for hydroxylation is 1. The number of nitrogens with one attached hydrogen (secondary N) is 1. The number of nitrogens with zero attached hydrogens (tertiary/aromatic N) is 2. The highest BCUT2D eigenvalue weighted by atomic mass is 16.5. The van der Waals surface area contributed by atoms with Gasteiger partial charge >= 0.3 is 0 Å². The third-order valence-corrected chi connectivity index (χ3v) is 3.24. The average molecular weight is 279 g/mol. The SMILES string of the molecule is CCN(CCOC)c1ncc(CNCC(C)C)cc1C. The lowest BCUT2D eigenvalue weighted by Crippen LogP contribution is -2.28. The molecule has 0 amide bonds. The monoisotopic (exact) mass is 279 g/mol. The molecule has 0 aromatic carbocycles. The molecule has 0 fully saturated rings. The number of methoxy groups -OCH3 is 1. The first kappa shape index (κ1) is 16.9. The first-order valence-electron chi connectivity index (χ1n) is 7.48. The number of rotatable bonds is 9. The molecule has 1 rings (SSSR count). The van der Waals surface area contributed by atoms with Crippen LogP contribution in [0.25, 0.3) is 0 Å². The molecule has 0 atom stereocenters. The summed E-state index contributed by atoms with van der Waals surface area (Å²) in [6.07, 6.45) is 1.98. The van der Waals surface area contributed by atoms with Crippen LogP contribution < -0.4 is 10.2 Å². The van der Waals surface area contributed by atoms with Gasteiger partial charge in [0, 0.05) is 32.9 Å². The minimum atomic E-state index is 0.674. The third-order valence-electron chi connectivity index (χ3n) is 3.24. The fraction of sp³-hybridized carbons (Fsp3) is 0.688. The van der Waals surface area contributed by atoms with Crippen molar-refractivity contribution in [2.24, 2.45) is 5.92 Å². The van der Waals surface area contributed by atoms with E-state index in [-0.39, 0.29) is 0 Å². The first-order chi connectivity index (χ1) is 9.58. The summed E-state index contributed by atoms with van der Waals surface area (Å²) in [6, 6.07) is 2.23. The van der Waals surface area contributed by atoms with Crippen LogP contribution in [0.15, 0.2) is 12.3 Å². The Balaban J connectivity index is 2.66. The smallest absolute Gasteiger partial charge is 0.131 e. The van der Waals surface area contributed by atoms with Gasteiger partial charge in [0.2, 0.25) is 0 Å². The Hall–Kier alpha value is -1.13. The van der Waals surface area contributed by atoms with Crippen molar-refractivity contribution in [1.82, 2.24) is 10.3 Å². The molecular formula is C16H29N3O. The molecule has 0 unspecified atom stereocenters. The minimum absolute atomic E-state index is 0.674. The van der Waals surface area contributed by atoms with E-state index in [9.17, 15) is 0 Å². The van der Waals surface area contributed by atoms with Crippen LogP contribution in [0.5, 0.6) is 0 Å². The van der Waals surface area contributed by atoms with Crippen LogP contribution >= 0.6 is 0 Å². The lowest BCUT2D eigenvalue weighted by Gasteiger charge is -2.23. The van der Waals surface area contributed by atoms with Gasteiger partial charge in [-0.1, -0.05) is 13.8 Å². The predicted octanol–water partition coefficient (Wildman–Crippen LogP) is 2.61. The van der Waals surface area contributed by atoms with Crippen LogP contribution in [0.1, 0.15) is 31.9 Å². The number of likely N-dealkylation sites (N-methyl/N-ethyl adjacent to an activating group) is 1. The topological polar surface area (TPSA) is 37.4 Å². The summed E-state index contributed by atoms with van der Waals surface area (Å²) in [7, 11) is 1.73. The number of hydrogen-bond acceptors (Lipinski definition) is 4. The molecule has 1 aromatic heterocycles. The van der Waals surface area contributed by atoms with Crippen molar-refractivity contribution in [2.75, 3.05) is 38.3 Å².